The summed E-state index contributed by atoms with van der Waals surface area (Å²) < 4.78 is 1.87. The lowest BCUT2D eigenvalue weighted by Crippen LogP contribution is -2.27. The van der Waals surface area contributed by atoms with Crippen LogP contribution < -0.4 is 10.9 Å². The van der Waals surface area contributed by atoms with Gasteiger partial charge in [-0.1, -0.05) is 43.4 Å². The smallest absolute Gasteiger partial charge is 0.270 e. The summed E-state index contributed by atoms with van der Waals surface area (Å²) in [5, 5.41) is 15.7. The molecule has 0 spiro atoms. The minimum absolute atomic E-state index is 0.0131. The van der Waals surface area contributed by atoms with Gasteiger partial charge in [0, 0.05) is 12.3 Å². The van der Waals surface area contributed by atoms with Crippen LogP contribution in [0.5, 0.6) is 5.75 Å². The van der Waals surface area contributed by atoms with Gasteiger partial charge in [0.25, 0.3) is 5.56 Å². The van der Waals surface area contributed by atoms with Crippen LogP contribution in [0.4, 0.5) is 5.82 Å². The van der Waals surface area contributed by atoms with Gasteiger partial charge < -0.3 is 10.4 Å². The molecule has 0 saturated heterocycles. The zero-order chi connectivity index (χ0) is 18.3. The molecule has 1 aromatic carbocycles. The highest BCUT2D eigenvalue weighted by molar-refractivity contribution is 6.32. The topological polar surface area (TPSA) is 87.1 Å². The molecule has 1 saturated carbocycles. The number of carbonyl (C=O) groups is 1. The Balaban J connectivity index is 1.79. The average molecular weight is 376 g/mol. The molecular weight excluding hydrogens is 354 g/mol. The van der Waals surface area contributed by atoms with E-state index in [0.717, 1.165) is 31.2 Å². The van der Waals surface area contributed by atoms with E-state index in [1.54, 1.807) is 12.1 Å². The SMILES string of the molecule is O=C1C[C@H](c2ccc(O)c(Cl)c2)c2c(n(C3CCCCCC3)[nH]c2=O)N1. The standard InChI is InChI=1S/C19H22ClN3O3/c20-14-9-11(7-8-15(14)24)13-10-16(25)21-18-17(13)19(26)22-23(18)12-5-3-1-2-4-6-12/h7-9,12-13,24H,1-6,10H2,(H,21,25)(H,22,26)/t13-/m1/s1. The Kier molecular flexibility index (Phi) is 4.53. The predicted molar refractivity (Wildman–Crippen MR) is 100.0 cm³/mol. The molecule has 1 atom stereocenters. The fourth-order valence-electron chi connectivity index (χ4n) is 4.20. The van der Waals surface area contributed by atoms with Crippen LogP contribution in [0.3, 0.4) is 0 Å². The largest absolute Gasteiger partial charge is 0.506 e. The second-order valence-electron chi connectivity index (χ2n) is 7.23. The van der Waals surface area contributed by atoms with Gasteiger partial charge in [0.2, 0.25) is 5.91 Å². The molecule has 7 heteroatoms. The van der Waals surface area contributed by atoms with Gasteiger partial charge in [0.1, 0.15) is 11.6 Å². The highest BCUT2D eigenvalue weighted by Crippen LogP contribution is 2.39. The van der Waals surface area contributed by atoms with Crippen molar-refractivity contribution < 1.29 is 9.90 Å². The summed E-state index contributed by atoms with van der Waals surface area (Å²) >= 11 is 6.04. The van der Waals surface area contributed by atoms with Crippen molar-refractivity contribution >= 4 is 23.3 Å². The Labute approximate surface area is 156 Å². The van der Waals surface area contributed by atoms with Gasteiger partial charge in [-0.15, -0.1) is 0 Å². The minimum Gasteiger partial charge on any atom is -0.506 e. The maximum Gasteiger partial charge on any atom is 0.270 e. The fraction of sp³-hybridized carbons (Fsp3) is 0.474. The number of hydrogen-bond acceptors (Lipinski definition) is 3. The summed E-state index contributed by atoms with van der Waals surface area (Å²) in [6, 6.07) is 5.06. The zero-order valence-corrected chi connectivity index (χ0v) is 15.2. The Bertz CT molecular complexity index is 894. The van der Waals surface area contributed by atoms with Crippen molar-refractivity contribution in [3.05, 3.63) is 44.7 Å². The molecule has 2 heterocycles. The van der Waals surface area contributed by atoms with Crippen LogP contribution in [-0.2, 0) is 4.79 Å². The van der Waals surface area contributed by atoms with Gasteiger partial charge in [-0.05, 0) is 30.5 Å². The van der Waals surface area contributed by atoms with Crippen molar-refractivity contribution in [1.82, 2.24) is 9.78 Å². The van der Waals surface area contributed by atoms with E-state index < -0.39 is 0 Å². The lowest BCUT2D eigenvalue weighted by Gasteiger charge is -2.26. The molecular formula is C19H22ClN3O3. The molecule has 2 aliphatic rings. The third-order valence-corrected chi connectivity index (χ3v) is 5.83. The number of hydrogen-bond donors (Lipinski definition) is 3. The minimum atomic E-state index is -0.368. The molecule has 0 unspecified atom stereocenters. The number of benzene rings is 1. The first-order chi connectivity index (χ1) is 12.5. The number of fused-ring (bicyclic) bond motifs is 1. The molecule has 0 bridgehead atoms. The molecule has 2 aromatic rings. The maximum atomic E-state index is 12.7. The van der Waals surface area contributed by atoms with Crippen molar-refractivity contribution in [3.8, 4) is 5.75 Å². The Morgan fingerprint density at radius 2 is 1.85 bits per heavy atom. The van der Waals surface area contributed by atoms with Gasteiger partial charge in [0.15, 0.2) is 0 Å². The summed E-state index contributed by atoms with van der Waals surface area (Å²) in [4.78, 5) is 25.1. The summed E-state index contributed by atoms with van der Waals surface area (Å²) in [7, 11) is 0. The number of rotatable bonds is 2. The lowest BCUT2D eigenvalue weighted by molar-refractivity contribution is -0.116. The quantitative estimate of drug-likeness (QED) is 0.695. The first-order valence-corrected chi connectivity index (χ1v) is 9.55. The van der Waals surface area contributed by atoms with Gasteiger partial charge in [-0.3, -0.25) is 19.4 Å². The normalized spacial score (nSPS) is 21.1. The van der Waals surface area contributed by atoms with Crippen LogP contribution in [0.15, 0.2) is 23.0 Å². The van der Waals surface area contributed by atoms with Gasteiger partial charge >= 0.3 is 0 Å². The van der Waals surface area contributed by atoms with Crippen LogP contribution in [0.1, 0.15) is 68.0 Å². The number of H-pyrrole nitrogens is 1. The van der Waals surface area contributed by atoms with Crippen LogP contribution in [0, 0.1) is 0 Å². The number of aromatic amines is 1. The van der Waals surface area contributed by atoms with Gasteiger partial charge in [-0.25, -0.2) is 0 Å². The monoisotopic (exact) mass is 375 g/mol. The van der Waals surface area contributed by atoms with E-state index in [2.05, 4.69) is 10.4 Å². The molecule has 1 fully saturated rings. The molecule has 1 aliphatic heterocycles. The molecule has 4 rings (SSSR count). The van der Waals surface area contributed by atoms with E-state index in [1.165, 1.54) is 18.9 Å². The van der Waals surface area contributed by atoms with E-state index in [-0.39, 0.29) is 40.6 Å². The lowest BCUT2D eigenvalue weighted by atomic mass is 9.87. The van der Waals surface area contributed by atoms with Crippen molar-refractivity contribution in [3.63, 3.8) is 0 Å². The van der Waals surface area contributed by atoms with E-state index in [9.17, 15) is 14.7 Å². The number of amides is 1. The Morgan fingerprint density at radius 3 is 2.54 bits per heavy atom. The molecule has 1 amide bonds. The molecule has 1 aliphatic carbocycles. The molecule has 138 valence electrons. The van der Waals surface area contributed by atoms with Crippen LogP contribution in [0.2, 0.25) is 5.02 Å². The van der Waals surface area contributed by atoms with Crippen molar-refractivity contribution in [2.24, 2.45) is 0 Å². The van der Waals surface area contributed by atoms with Crippen LogP contribution in [0.25, 0.3) is 0 Å². The van der Waals surface area contributed by atoms with Crippen molar-refractivity contribution in [2.75, 3.05) is 5.32 Å². The number of aromatic hydroxyl groups is 1. The second kappa shape index (κ2) is 6.83. The number of anilines is 1. The number of phenols is 1. The van der Waals surface area contributed by atoms with E-state index in [4.69, 9.17) is 11.6 Å². The maximum absolute atomic E-state index is 12.7. The number of carbonyl (C=O) groups excluding carboxylic acids is 1. The van der Waals surface area contributed by atoms with E-state index >= 15 is 0 Å². The Hall–Kier alpha value is -2.21. The second-order valence-corrected chi connectivity index (χ2v) is 7.64. The predicted octanol–water partition coefficient (Wildman–Crippen LogP) is 3.90. The van der Waals surface area contributed by atoms with Crippen molar-refractivity contribution in [2.45, 2.75) is 56.9 Å². The van der Waals surface area contributed by atoms with E-state index in [0.29, 0.717) is 11.4 Å². The summed E-state index contributed by atoms with van der Waals surface area (Å²) in [6.45, 7) is 0. The molecule has 0 radical (unpaired) electrons. The number of aromatic nitrogens is 2. The van der Waals surface area contributed by atoms with Gasteiger partial charge in [0.05, 0.1) is 16.6 Å². The first-order valence-electron chi connectivity index (χ1n) is 9.17. The number of nitrogens with one attached hydrogen (secondary N) is 2. The van der Waals surface area contributed by atoms with Gasteiger partial charge in [-0.2, -0.15) is 0 Å². The molecule has 6 nitrogen and oxygen atoms in total. The zero-order valence-electron chi connectivity index (χ0n) is 14.4. The highest BCUT2D eigenvalue weighted by Gasteiger charge is 2.34. The summed E-state index contributed by atoms with van der Waals surface area (Å²) in [5.74, 6) is 0.0916. The van der Waals surface area contributed by atoms with Crippen LogP contribution in [-0.4, -0.2) is 20.8 Å². The molecule has 1 aromatic heterocycles. The third-order valence-electron chi connectivity index (χ3n) is 5.52. The summed E-state index contributed by atoms with van der Waals surface area (Å²) in [6.07, 6.45) is 6.88. The number of phenolic OH excluding ortho intramolecular Hbond substituents is 1. The third kappa shape index (κ3) is 3.03. The van der Waals surface area contributed by atoms with Crippen LogP contribution >= 0.6 is 11.6 Å². The Morgan fingerprint density at radius 1 is 1.12 bits per heavy atom. The van der Waals surface area contributed by atoms with E-state index in [1.807, 2.05) is 4.68 Å². The number of nitrogens with zero attached hydrogens (tertiary/aromatic N) is 1. The van der Waals surface area contributed by atoms with Crippen molar-refractivity contribution in [1.29, 1.82) is 0 Å². The average Bonchev–Trinajstić information content (AvgIpc) is 2.80. The number of halogens is 1. The summed E-state index contributed by atoms with van der Waals surface area (Å²) in [5.41, 5.74) is 1.17. The first kappa shape index (κ1) is 17.2. The highest BCUT2D eigenvalue weighted by atomic mass is 35.5. The molecule has 26 heavy (non-hydrogen) atoms. The fourth-order valence-corrected chi connectivity index (χ4v) is 4.39. The molecule has 3 N–H and O–H groups in total.